The average molecular weight is 278 g/mol. The molecule has 0 saturated heterocycles. The van der Waals surface area contributed by atoms with Gasteiger partial charge >= 0.3 is 5.97 Å². The fraction of sp³-hybridized carbons (Fsp3) is 0.562. The summed E-state index contributed by atoms with van der Waals surface area (Å²) in [4.78, 5) is 15.4. The minimum Gasteiger partial charge on any atom is -0.481 e. The molecule has 0 aliphatic carbocycles. The lowest BCUT2D eigenvalue weighted by molar-refractivity contribution is -0.140. The van der Waals surface area contributed by atoms with E-state index >= 15 is 0 Å². The first-order valence-electron chi connectivity index (χ1n) is 7.10. The first kappa shape index (κ1) is 16.5. The summed E-state index contributed by atoms with van der Waals surface area (Å²) in [6, 6.07) is 8.16. The van der Waals surface area contributed by atoms with Crippen LogP contribution in [-0.2, 0) is 4.79 Å². The monoisotopic (exact) mass is 278 g/mol. The Hall–Kier alpha value is -1.55. The Bertz CT molecular complexity index is 432. The molecule has 0 aromatic heterocycles. The minimum atomic E-state index is -0.740. The molecule has 0 aliphatic heterocycles. The molecule has 0 heterocycles. The number of carboxylic acids is 1. The van der Waals surface area contributed by atoms with Crippen molar-refractivity contribution in [3.63, 3.8) is 0 Å². The SMILES string of the molecule is Cc1ccccc1N(CCCN(C)C)CC(C)C(=O)O. The summed E-state index contributed by atoms with van der Waals surface area (Å²) in [5, 5.41) is 9.13. The van der Waals surface area contributed by atoms with Gasteiger partial charge in [-0.3, -0.25) is 4.79 Å². The summed E-state index contributed by atoms with van der Waals surface area (Å²) in [5.41, 5.74) is 2.33. The van der Waals surface area contributed by atoms with E-state index in [0.717, 1.165) is 25.2 Å². The van der Waals surface area contributed by atoms with Crippen LogP contribution < -0.4 is 4.90 Å². The van der Waals surface area contributed by atoms with E-state index in [1.807, 2.05) is 12.1 Å². The molecule has 0 amide bonds. The van der Waals surface area contributed by atoms with Crippen LogP contribution in [0, 0.1) is 12.8 Å². The Morgan fingerprint density at radius 2 is 1.90 bits per heavy atom. The highest BCUT2D eigenvalue weighted by Gasteiger charge is 2.17. The van der Waals surface area contributed by atoms with Gasteiger partial charge in [0.15, 0.2) is 0 Å². The highest BCUT2D eigenvalue weighted by molar-refractivity contribution is 5.70. The summed E-state index contributed by atoms with van der Waals surface area (Å²) in [6.45, 7) is 6.26. The molecule has 0 saturated carbocycles. The molecule has 4 nitrogen and oxygen atoms in total. The first-order valence-corrected chi connectivity index (χ1v) is 7.10. The van der Waals surface area contributed by atoms with Gasteiger partial charge in [-0.2, -0.15) is 0 Å². The van der Waals surface area contributed by atoms with Crippen LogP contribution in [0.4, 0.5) is 5.69 Å². The molecule has 1 unspecified atom stereocenters. The molecule has 0 aliphatic rings. The number of aliphatic carboxylic acids is 1. The lowest BCUT2D eigenvalue weighted by Gasteiger charge is -2.28. The zero-order chi connectivity index (χ0) is 15.1. The molecule has 4 heteroatoms. The van der Waals surface area contributed by atoms with Crippen LogP contribution >= 0.6 is 0 Å². The number of rotatable bonds is 8. The number of hydrogen-bond donors (Lipinski definition) is 1. The molecule has 1 aromatic rings. The van der Waals surface area contributed by atoms with Gasteiger partial charge in [0.05, 0.1) is 5.92 Å². The van der Waals surface area contributed by atoms with Crippen molar-refractivity contribution in [1.82, 2.24) is 4.90 Å². The van der Waals surface area contributed by atoms with Gasteiger partial charge in [0.1, 0.15) is 0 Å². The number of anilines is 1. The van der Waals surface area contributed by atoms with Gasteiger partial charge in [0.25, 0.3) is 0 Å². The van der Waals surface area contributed by atoms with Crippen LogP contribution in [0.5, 0.6) is 0 Å². The smallest absolute Gasteiger partial charge is 0.308 e. The van der Waals surface area contributed by atoms with E-state index < -0.39 is 5.97 Å². The van der Waals surface area contributed by atoms with Gasteiger partial charge in [-0.15, -0.1) is 0 Å². The van der Waals surface area contributed by atoms with E-state index in [2.05, 4.69) is 43.0 Å². The molecular formula is C16H26N2O2. The van der Waals surface area contributed by atoms with Gasteiger partial charge in [-0.1, -0.05) is 25.1 Å². The standard InChI is InChI=1S/C16H26N2O2/c1-13-8-5-6-9-15(13)18(11-7-10-17(3)4)12-14(2)16(19)20/h5-6,8-9,14H,7,10-12H2,1-4H3,(H,19,20). The summed E-state index contributed by atoms with van der Waals surface area (Å²) in [6.07, 6.45) is 1.02. The van der Waals surface area contributed by atoms with Crippen LogP contribution in [0.15, 0.2) is 24.3 Å². The predicted molar refractivity (Wildman–Crippen MR) is 83.4 cm³/mol. The topological polar surface area (TPSA) is 43.8 Å². The van der Waals surface area contributed by atoms with Crippen molar-refractivity contribution in [1.29, 1.82) is 0 Å². The first-order chi connectivity index (χ1) is 9.41. The number of hydrogen-bond acceptors (Lipinski definition) is 3. The molecule has 20 heavy (non-hydrogen) atoms. The molecule has 1 rings (SSSR count). The predicted octanol–water partition coefficient (Wildman–Crippen LogP) is 2.47. The van der Waals surface area contributed by atoms with Crippen LogP contribution in [0.3, 0.4) is 0 Å². The third-order valence-electron chi connectivity index (χ3n) is 3.41. The van der Waals surface area contributed by atoms with Crippen molar-refractivity contribution >= 4 is 11.7 Å². The zero-order valence-electron chi connectivity index (χ0n) is 13.0. The van der Waals surface area contributed by atoms with Crippen LogP contribution in [0.2, 0.25) is 0 Å². The van der Waals surface area contributed by atoms with Gasteiger partial charge in [0, 0.05) is 18.8 Å². The number of benzene rings is 1. The van der Waals surface area contributed by atoms with Crippen LogP contribution in [0.25, 0.3) is 0 Å². The number of carboxylic acid groups (broad SMARTS) is 1. The zero-order valence-corrected chi connectivity index (χ0v) is 13.0. The van der Waals surface area contributed by atoms with Crippen molar-refractivity contribution in [2.24, 2.45) is 5.92 Å². The van der Waals surface area contributed by atoms with Crippen LogP contribution in [0.1, 0.15) is 18.9 Å². The summed E-state index contributed by atoms with van der Waals surface area (Å²) in [5.74, 6) is -1.11. The van der Waals surface area contributed by atoms with Gasteiger partial charge < -0.3 is 14.9 Å². The largest absolute Gasteiger partial charge is 0.481 e. The summed E-state index contributed by atoms with van der Waals surface area (Å²) in [7, 11) is 4.11. The van der Waals surface area contributed by atoms with E-state index in [4.69, 9.17) is 5.11 Å². The Morgan fingerprint density at radius 1 is 1.25 bits per heavy atom. The normalized spacial score (nSPS) is 12.4. The molecule has 112 valence electrons. The molecule has 0 bridgehead atoms. The average Bonchev–Trinajstić information content (AvgIpc) is 2.37. The Morgan fingerprint density at radius 3 is 2.45 bits per heavy atom. The molecule has 0 fully saturated rings. The highest BCUT2D eigenvalue weighted by Crippen LogP contribution is 2.21. The maximum absolute atomic E-state index is 11.1. The van der Waals surface area contributed by atoms with Gasteiger partial charge in [-0.25, -0.2) is 0 Å². The Balaban J connectivity index is 2.78. The van der Waals surface area contributed by atoms with E-state index in [0.29, 0.717) is 6.54 Å². The van der Waals surface area contributed by atoms with Crippen molar-refractivity contribution in [3.8, 4) is 0 Å². The number of para-hydroxylation sites is 1. The molecule has 1 atom stereocenters. The minimum absolute atomic E-state index is 0.367. The van der Waals surface area contributed by atoms with E-state index in [-0.39, 0.29) is 5.92 Å². The van der Waals surface area contributed by atoms with Crippen molar-refractivity contribution in [3.05, 3.63) is 29.8 Å². The van der Waals surface area contributed by atoms with Crippen molar-refractivity contribution in [2.45, 2.75) is 20.3 Å². The summed E-state index contributed by atoms with van der Waals surface area (Å²) < 4.78 is 0. The van der Waals surface area contributed by atoms with Crippen molar-refractivity contribution in [2.75, 3.05) is 38.6 Å². The second-order valence-corrected chi connectivity index (χ2v) is 5.63. The molecular weight excluding hydrogens is 252 g/mol. The van der Waals surface area contributed by atoms with Gasteiger partial charge in [0.2, 0.25) is 0 Å². The van der Waals surface area contributed by atoms with Gasteiger partial charge in [-0.05, 0) is 45.6 Å². The van der Waals surface area contributed by atoms with E-state index in [1.54, 1.807) is 6.92 Å². The summed E-state index contributed by atoms with van der Waals surface area (Å²) >= 11 is 0. The fourth-order valence-electron chi connectivity index (χ4n) is 2.21. The maximum atomic E-state index is 11.1. The lowest BCUT2D eigenvalue weighted by atomic mass is 10.1. The Kier molecular flexibility index (Phi) is 6.52. The number of carbonyl (C=O) groups is 1. The second-order valence-electron chi connectivity index (χ2n) is 5.63. The third-order valence-corrected chi connectivity index (χ3v) is 3.41. The number of aryl methyl sites for hydroxylation is 1. The van der Waals surface area contributed by atoms with E-state index in [1.165, 1.54) is 5.56 Å². The quantitative estimate of drug-likeness (QED) is 0.793. The fourth-order valence-corrected chi connectivity index (χ4v) is 2.21. The number of nitrogens with zero attached hydrogens (tertiary/aromatic N) is 2. The Labute approximate surface area is 122 Å². The van der Waals surface area contributed by atoms with E-state index in [9.17, 15) is 4.79 Å². The highest BCUT2D eigenvalue weighted by atomic mass is 16.4. The maximum Gasteiger partial charge on any atom is 0.308 e. The second kappa shape index (κ2) is 7.90. The molecule has 1 aromatic carbocycles. The lowest BCUT2D eigenvalue weighted by Crippen LogP contribution is -2.34. The molecule has 1 N–H and O–H groups in total. The molecule has 0 spiro atoms. The third kappa shape index (κ3) is 5.21. The van der Waals surface area contributed by atoms with Crippen molar-refractivity contribution < 1.29 is 9.90 Å². The van der Waals surface area contributed by atoms with Crippen LogP contribution in [-0.4, -0.2) is 49.7 Å². The molecule has 0 radical (unpaired) electrons.